The second-order valence-corrected chi connectivity index (χ2v) is 5.62. The summed E-state index contributed by atoms with van der Waals surface area (Å²) in [4.78, 5) is 16.5. The molecule has 128 valence electrons. The molecule has 0 aliphatic carbocycles. The number of hydrogen-bond acceptors (Lipinski definition) is 4. The third-order valence-electron chi connectivity index (χ3n) is 3.96. The number of nitrogens with zero attached hydrogens (tertiary/aromatic N) is 2. The number of aromatic nitrogens is 2. The van der Waals surface area contributed by atoms with Gasteiger partial charge in [0.2, 0.25) is 0 Å². The van der Waals surface area contributed by atoms with Gasteiger partial charge in [-0.3, -0.25) is 0 Å². The number of methoxy groups -OCH3 is 1. The van der Waals surface area contributed by atoms with Crippen LogP contribution in [0.4, 0.5) is 0 Å². The maximum atomic E-state index is 12.5. The summed E-state index contributed by atoms with van der Waals surface area (Å²) in [5.41, 5.74) is 1.48. The highest BCUT2D eigenvalue weighted by Gasteiger charge is 2.18. The number of carbonyl (C=O) groups excluding carboxylic acids is 1. The molecule has 5 heteroatoms. The second-order valence-electron chi connectivity index (χ2n) is 5.62. The highest BCUT2D eigenvalue weighted by Crippen LogP contribution is 2.24. The van der Waals surface area contributed by atoms with E-state index in [0.29, 0.717) is 17.7 Å². The van der Waals surface area contributed by atoms with Gasteiger partial charge in [0.05, 0.1) is 19.0 Å². The first-order valence-electron chi connectivity index (χ1n) is 8.12. The molecule has 3 rings (SSSR count). The minimum atomic E-state index is -0.345. The normalized spacial score (nSPS) is 11.7. The monoisotopic (exact) mass is 336 g/mol. The summed E-state index contributed by atoms with van der Waals surface area (Å²) in [5.74, 6) is 0.360. The summed E-state index contributed by atoms with van der Waals surface area (Å²) in [6.07, 6.45) is 5.74. The highest BCUT2D eigenvalue weighted by atomic mass is 16.5. The SMILES string of the molecule is COc1ccc(C(=O)OC(CCn2ccnc2)c2ccccc2)cc1. The fourth-order valence-corrected chi connectivity index (χ4v) is 2.57. The van der Waals surface area contributed by atoms with Crippen molar-refractivity contribution in [2.24, 2.45) is 0 Å². The Hall–Kier alpha value is -3.08. The lowest BCUT2D eigenvalue weighted by Crippen LogP contribution is -2.14. The van der Waals surface area contributed by atoms with E-state index >= 15 is 0 Å². The van der Waals surface area contributed by atoms with Crippen molar-refractivity contribution in [2.75, 3.05) is 7.11 Å². The Bertz CT molecular complexity index is 784. The van der Waals surface area contributed by atoms with Gasteiger partial charge in [-0.15, -0.1) is 0 Å². The molecule has 0 aliphatic heterocycles. The van der Waals surface area contributed by atoms with Crippen LogP contribution in [-0.4, -0.2) is 22.6 Å². The number of benzene rings is 2. The summed E-state index contributed by atoms with van der Waals surface area (Å²) in [6.45, 7) is 0.718. The van der Waals surface area contributed by atoms with Crippen molar-refractivity contribution in [3.63, 3.8) is 0 Å². The van der Waals surface area contributed by atoms with Gasteiger partial charge in [-0.05, 0) is 29.8 Å². The van der Waals surface area contributed by atoms with E-state index in [0.717, 1.165) is 12.1 Å². The molecule has 0 amide bonds. The van der Waals surface area contributed by atoms with Crippen molar-refractivity contribution in [3.8, 4) is 5.75 Å². The molecule has 0 radical (unpaired) electrons. The molecule has 0 saturated heterocycles. The van der Waals surface area contributed by atoms with E-state index in [1.54, 1.807) is 43.9 Å². The molecule has 0 N–H and O–H groups in total. The first kappa shape index (κ1) is 16.8. The molecular weight excluding hydrogens is 316 g/mol. The minimum absolute atomic E-state index is 0.321. The van der Waals surface area contributed by atoms with Gasteiger partial charge in [0, 0.05) is 25.4 Å². The summed E-state index contributed by atoms with van der Waals surface area (Å²) in [5, 5.41) is 0. The molecule has 25 heavy (non-hydrogen) atoms. The van der Waals surface area contributed by atoms with E-state index in [1.807, 2.05) is 41.1 Å². The van der Waals surface area contributed by atoms with Gasteiger partial charge in [0.1, 0.15) is 11.9 Å². The standard InChI is InChI=1S/C20H20N2O3/c1-24-18-9-7-17(8-10-18)20(23)25-19(16-5-3-2-4-6-16)11-13-22-14-12-21-15-22/h2-10,12,14-15,19H,11,13H2,1H3. The van der Waals surface area contributed by atoms with Gasteiger partial charge >= 0.3 is 5.97 Å². The molecule has 1 unspecified atom stereocenters. The van der Waals surface area contributed by atoms with E-state index in [1.165, 1.54) is 0 Å². The van der Waals surface area contributed by atoms with E-state index in [9.17, 15) is 4.79 Å². The zero-order valence-electron chi connectivity index (χ0n) is 14.0. The van der Waals surface area contributed by atoms with Crippen LogP contribution < -0.4 is 4.74 Å². The molecule has 2 aromatic carbocycles. The zero-order valence-corrected chi connectivity index (χ0v) is 14.0. The summed E-state index contributed by atoms with van der Waals surface area (Å²) in [6, 6.07) is 16.7. The zero-order chi connectivity index (χ0) is 17.5. The average Bonchev–Trinajstić information content (AvgIpc) is 3.19. The third kappa shape index (κ3) is 4.47. The largest absolute Gasteiger partial charge is 0.497 e. The van der Waals surface area contributed by atoms with Gasteiger partial charge in [-0.1, -0.05) is 30.3 Å². The Kier molecular flexibility index (Phi) is 5.46. The quantitative estimate of drug-likeness (QED) is 0.615. The number of imidazole rings is 1. The topological polar surface area (TPSA) is 53.4 Å². The van der Waals surface area contributed by atoms with Crippen molar-refractivity contribution in [3.05, 3.63) is 84.4 Å². The van der Waals surface area contributed by atoms with Crippen LogP contribution in [0.15, 0.2) is 73.3 Å². The van der Waals surface area contributed by atoms with E-state index in [4.69, 9.17) is 9.47 Å². The van der Waals surface area contributed by atoms with Crippen LogP contribution in [-0.2, 0) is 11.3 Å². The fourth-order valence-electron chi connectivity index (χ4n) is 2.57. The molecule has 1 heterocycles. The molecular formula is C20H20N2O3. The summed E-state index contributed by atoms with van der Waals surface area (Å²) in [7, 11) is 1.59. The summed E-state index contributed by atoms with van der Waals surface area (Å²) >= 11 is 0. The van der Waals surface area contributed by atoms with Gasteiger partial charge < -0.3 is 14.0 Å². The average molecular weight is 336 g/mol. The van der Waals surface area contributed by atoms with Crippen molar-refractivity contribution < 1.29 is 14.3 Å². The lowest BCUT2D eigenvalue weighted by atomic mass is 10.1. The van der Waals surface area contributed by atoms with Crippen LogP contribution in [0.25, 0.3) is 0 Å². The molecule has 1 aromatic heterocycles. The van der Waals surface area contributed by atoms with Crippen LogP contribution in [0, 0.1) is 0 Å². The van der Waals surface area contributed by atoms with Crippen molar-refractivity contribution >= 4 is 5.97 Å². The number of aryl methyl sites for hydroxylation is 1. The Labute approximate surface area is 146 Å². The fraction of sp³-hybridized carbons (Fsp3) is 0.200. The van der Waals surface area contributed by atoms with Gasteiger partial charge in [-0.2, -0.15) is 0 Å². The second kappa shape index (κ2) is 8.15. The molecule has 1 atom stereocenters. The highest BCUT2D eigenvalue weighted by molar-refractivity contribution is 5.89. The number of carbonyl (C=O) groups is 1. The number of ether oxygens (including phenoxy) is 2. The number of rotatable bonds is 7. The van der Waals surface area contributed by atoms with Crippen molar-refractivity contribution in [2.45, 2.75) is 19.1 Å². The van der Waals surface area contributed by atoms with Crippen LogP contribution in [0.2, 0.25) is 0 Å². The molecule has 5 nitrogen and oxygen atoms in total. The maximum Gasteiger partial charge on any atom is 0.338 e. The van der Waals surface area contributed by atoms with E-state index in [-0.39, 0.29) is 12.1 Å². The first-order valence-corrected chi connectivity index (χ1v) is 8.12. The Balaban J connectivity index is 1.72. The molecule has 0 fully saturated rings. The van der Waals surface area contributed by atoms with E-state index < -0.39 is 0 Å². The summed E-state index contributed by atoms with van der Waals surface area (Å²) < 4.78 is 12.9. The van der Waals surface area contributed by atoms with Crippen LogP contribution in [0.5, 0.6) is 5.75 Å². The predicted molar refractivity (Wildman–Crippen MR) is 94.4 cm³/mol. The number of hydrogen-bond donors (Lipinski definition) is 0. The molecule has 0 bridgehead atoms. The lowest BCUT2D eigenvalue weighted by Gasteiger charge is -2.19. The van der Waals surface area contributed by atoms with Crippen molar-refractivity contribution in [1.29, 1.82) is 0 Å². The predicted octanol–water partition coefficient (Wildman–Crippen LogP) is 3.88. The van der Waals surface area contributed by atoms with Crippen LogP contribution in [0.1, 0.15) is 28.4 Å². The first-order chi connectivity index (χ1) is 12.3. The molecule has 0 saturated carbocycles. The third-order valence-corrected chi connectivity index (χ3v) is 3.96. The Morgan fingerprint density at radius 2 is 1.88 bits per heavy atom. The van der Waals surface area contributed by atoms with Crippen LogP contribution in [0.3, 0.4) is 0 Å². The minimum Gasteiger partial charge on any atom is -0.497 e. The Morgan fingerprint density at radius 1 is 1.12 bits per heavy atom. The van der Waals surface area contributed by atoms with Crippen molar-refractivity contribution in [1.82, 2.24) is 9.55 Å². The van der Waals surface area contributed by atoms with E-state index in [2.05, 4.69) is 4.98 Å². The van der Waals surface area contributed by atoms with Gasteiger partial charge in [0.25, 0.3) is 0 Å². The lowest BCUT2D eigenvalue weighted by molar-refractivity contribution is 0.0266. The number of esters is 1. The molecule has 0 aliphatic rings. The van der Waals surface area contributed by atoms with Gasteiger partial charge in [-0.25, -0.2) is 9.78 Å². The smallest absolute Gasteiger partial charge is 0.338 e. The molecule has 0 spiro atoms. The molecule has 3 aromatic rings. The van der Waals surface area contributed by atoms with Crippen LogP contribution >= 0.6 is 0 Å². The van der Waals surface area contributed by atoms with Gasteiger partial charge in [0.15, 0.2) is 0 Å². The Morgan fingerprint density at radius 3 is 2.52 bits per heavy atom. The maximum absolute atomic E-state index is 12.5.